The quantitative estimate of drug-likeness (QED) is 0.886. The molecule has 0 aromatic heterocycles. The number of benzene rings is 2. The number of rotatable bonds is 5. The molecule has 0 aliphatic carbocycles. The van der Waals surface area contributed by atoms with Crippen LogP contribution in [0.5, 0.6) is 11.5 Å². The zero-order valence-corrected chi connectivity index (χ0v) is 11.9. The summed E-state index contributed by atoms with van der Waals surface area (Å²) < 4.78 is 32.4. The van der Waals surface area contributed by atoms with Crippen molar-refractivity contribution in [3.05, 3.63) is 59.2 Å². The van der Waals surface area contributed by atoms with Gasteiger partial charge in [0, 0.05) is 23.7 Å². The molecule has 0 aliphatic heterocycles. The number of methoxy groups -OCH3 is 1. The van der Waals surface area contributed by atoms with Crippen molar-refractivity contribution >= 4 is 0 Å². The van der Waals surface area contributed by atoms with E-state index in [-0.39, 0.29) is 17.9 Å². The average molecular weight is 293 g/mol. The van der Waals surface area contributed by atoms with Gasteiger partial charge in [-0.3, -0.25) is 0 Å². The van der Waals surface area contributed by atoms with E-state index in [9.17, 15) is 13.9 Å². The minimum atomic E-state index is -0.593. The lowest BCUT2D eigenvalue weighted by Gasteiger charge is -2.17. The van der Waals surface area contributed by atoms with Gasteiger partial charge in [-0.1, -0.05) is 18.2 Å². The van der Waals surface area contributed by atoms with Gasteiger partial charge in [-0.05, 0) is 25.1 Å². The Morgan fingerprint density at radius 1 is 1.14 bits per heavy atom. The first-order valence-electron chi connectivity index (χ1n) is 6.56. The molecule has 0 heterocycles. The van der Waals surface area contributed by atoms with Crippen molar-refractivity contribution in [2.45, 2.75) is 19.5 Å². The Kier molecular flexibility index (Phi) is 4.75. The summed E-state index contributed by atoms with van der Waals surface area (Å²) >= 11 is 0. The molecular formula is C16H17F2NO2. The minimum Gasteiger partial charge on any atom is -0.504 e. The number of ether oxygens (including phenoxy) is 1. The molecule has 3 nitrogen and oxygen atoms in total. The molecule has 0 fully saturated rings. The van der Waals surface area contributed by atoms with Crippen LogP contribution >= 0.6 is 0 Å². The highest BCUT2D eigenvalue weighted by molar-refractivity contribution is 5.45. The molecule has 0 bridgehead atoms. The van der Waals surface area contributed by atoms with Gasteiger partial charge in [-0.15, -0.1) is 0 Å². The maximum Gasteiger partial charge on any atom is 0.162 e. The van der Waals surface area contributed by atoms with Gasteiger partial charge in [0.15, 0.2) is 11.5 Å². The lowest BCUT2D eigenvalue weighted by molar-refractivity contribution is 0.368. The van der Waals surface area contributed by atoms with Crippen LogP contribution in [0.25, 0.3) is 0 Å². The monoisotopic (exact) mass is 293 g/mol. The number of aromatic hydroxyl groups is 1. The molecule has 2 N–H and O–H groups in total. The Labute approximate surface area is 122 Å². The number of nitrogens with one attached hydrogen (secondary N) is 1. The predicted molar refractivity (Wildman–Crippen MR) is 76.3 cm³/mol. The number of hydrogen-bond donors (Lipinski definition) is 2. The largest absolute Gasteiger partial charge is 0.504 e. The zero-order chi connectivity index (χ0) is 15.4. The molecule has 5 heteroatoms. The van der Waals surface area contributed by atoms with Crippen LogP contribution in [0.2, 0.25) is 0 Å². The lowest BCUT2D eigenvalue weighted by Crippen LogP contribution is -2.20. The van der Waals surface area contributed by atoms with E-state index >= 15 is 0 Å². The second-order valence-corrected chi connectivity index (χ2v) is 4.71. The Bertz CT molecular complexity index is 611. The van der Waals surface area contributed by atoms with Gasteiger partial charge >= 0.3 is 0 Å². The van der Waals surface area contributed by atoms with Crippen LogP contribution in [0.3, 0.4) is 0 Å². The van der Waals surface area contributed by atoms with Gasteiger partial charge < -0.3 is 15.2 Å². The van der Waals surface area contributed by atoms with E-state index in [0.29, 0.717) is 11.3 Å². The number of phenols is 1. The van der Waals surface area contributed by atoms with Crippen LogP contribution in [0, 0.1) is 11.6 Å². The predicted octanol–water partition coefficient (Wildman–Crippen LogP) is 3.53. The van der Waals surface area contributed by atoms with Crippen molar-refractivity contribution in [1.82, 2.24) is 5.32 Å². The molecule has 21 heavy (non-hydrogen) atoms. The Balaban J connectivity index is 2.13. The van der Waals surface area contributed by atoms with Crippen LogP contribution in [-0.2, 0) is 6.54 Å². The summed E-state index contributed by atoms with van der Waals surface area (Å²) in [6.07, 6.45) is 0. The molecule has 1 atom stereocenters. The van der Waals surface area contributed by atoms with Crippen LogP contribution in [-0.4, -0.2) is 12.2 Å². The molecule has 2 aromatic rings. The van der Waals surface area contributed by atoms with Crippen LogP contribution in [0.4, 0.5) is 8.78 Å². The molecule has 2 aromatic carbocycles. The first kappa shape index (κ1) is 15.3. The first-order valence-corrected chi connectivity index (χ1v) is 6.56. The third kappa shape index (κ3) is 3.31. The van der Waals surface area contributed by atoms with E-state index in [1.54, 1.807) is 25.1 Å². The number of hydrogen-bond acceptors (Lipinski definition) is 3. The smallest absolute Gasteiger partial charge is 0.162 e. The molecule has 0 amide bonds. The number of para-hydroxylation sites is 1. The fourth-order valence-electron chi connectivity index (χ4n) is 2.16. The van der Waals surface area contributed by atoms with Gasteiger partial charge in [0.1, 0.15) is 11.6 Å². The van der Waals surface area contributed by atoms with Crippen LogP contribution in [0.15, 0.2) is 36.4 Å². The van der Waals surface area contributed by atoms with Gasteiger partial charge in [-0.25, -0.2) is 8.78 Å². The summed E-state index contributed by atoms with van der Waals surface area (Å²) in [7, 11) is 1.46. The van der Waals surface area contributed by atoms with Gasteiger partial charge in [0.05, 0.1) is 7.11 Å². The summed E-state index contributed by atoms with van der Waals surface area (Å²) in [5.74, 6) is -0.803. The van der Waals surface area contributed by atoms with Crippen molar-refractivity contribution in [2.24, 2.45) is 0 Å². The van der Waals surface area contributed by atoms with Crippen molar-refractivity contribution in [1.29, 1.82) is 0 Å². The SMILES string of the molecule is COc1cccc(CNC(C)c2c(F)cccc2F)c1O. The van der Waals surface area contributed by atoms with Crippen LogP contribution < -0.4 is 10.1 Å². The average Bonchev–Trinajstić information content (AvgIpc) is 2.46. The highest BCUT2D eigenvalue weighted by atomic mass is 19.1. The molecule has 0 aliphatic rings. The zero-order valence-electron chi connectivity index (χ0n) is 11.9. The topological polar surface area (TPSA) is 41.5 Å². The second-order valence-electron chi connectivity index (χ2n) is 4.71. The third-order valence-corrected chi connectivity index (χ3v) is 3.33. The van der Waals surface area contributed by atoms with Crippen molar-refractivity contribution in [3.8, 4) is 11.5 Å². The van der Waals surface area contributed by atoms with Crippen molar-refractivity contribution in [2.75, 3.05) is 7.11 Å². The van der Waals surface area contributed by atoms with Gasteiger partial charge in [0.25, 0.3) is 0 Å². The molecule has 0 radical (unpaired) electrons. The van der Waals surface area contributed by atoms with E-state index in [4.69, 9.17) is 4.74 Å². The normalized spacial score (nSPS) is 12.2. The second kappa shape index (κ2) is 6.54. The fourth-order valence-corrected chi connectivity index (χ4v) is 2.16. The molecule has 0 spiro atoms. The van der Waals surface area contributed by atoms with Gasteiger partial charge in [-0.2, -0.15) is 0 Å². The summed E-state index contributed by atoms with van der Waals surface area (Å²) in [5.41, 5.74) is 0.581. The molecule has 1 unspecified atom stereocenters. The molecule has 0 saturated carbocycles. The number of phenolic OH excluding ortho intramolecular Hbond substituents is 1. The minimum absolute atomic E-state index is 0.0140. The van der Waals surface area contributed by atoms with Crippen molar-refractivity contribution in [3.63, 3.8) is 0 Å². The standard InChI is InChI=1S/C16H17F2NO2/c1-10(15-12(17)6-4-7-13(15)18)19-9-11-5-3-8-14(21-2)16(11)20/h3-8,10,19-20H,9H2,1-2H3. The highest BCUT2D eigenvalue weighted by Gasteiger charge is 2.16. The maximum absolute atomic E-state index is 13.7. The maximum atomic E-state index is 13.7. The van der Waals surface area contributed by atoms with E-state index in [0.717, 1.165) is 0 Å². The Hall–Kier alpha value is -2.14. The van der Waals surface area contributed by atoms with E-state index in [2.05, 4.69) is 5.32 Å². The van der Waals surface area contributed by atoms with Crippen LogP contribution in [0.1, 0.15) is 24.1 Å². The Morgan fingerprint density at radius 3 is 2.38 bits per heavy atom. The summed E-state index contributed by atoms with van der Waals surface area (Å²) in [5, 5.41) is 13.0. The molecule has 2 rings (SSSR count). The lowest BCUT2D eigenvalue weighted by atomic mass is 10.1. The number of halogens is 2. The summed E-state index contributed by atoms with van der Waals surface area (Å²) in [6, 6.07) is 8.34. The van der Waals surface area contributed by atoms with Gasteiger partial charge in [0.2, 0.25) is 0 Å². The van der Waals surface area contributed by atoms with E-state index in [1.807, 2.05) is 0 Å². The highest BCUT2D eigenvalue weighted by Crippen LogP contribution is 2.30. The van der Waals surface area contributed by atoms with E-state index < -0.39 is 17.7 Å². The fraction of sp³-hybridized carbons (Fsp3) is 0.250. The summed E-state index contributed by atoms with van der Waals surface area (Å²) in [6.45, 7) is 1.93. The summed E-state index contributed by atoms with van der Waals surface area (Å²) in [4.78, 5) is 0. The van der Waals surface area contributed by atoms with Crippen molar-refractivity contribution < 1.29 is 18.6 Å². The molecule has 112 valence electrons. The first-order chi connectivity index (χ1) is 10.0. The molecule has 0 saturated heterocycles. The molecular weight excluding hydrogens is 276 g/mol. The Morgan fingerprint density at radius 2 is 1.76 bits per heavy atom. The van der Waals surface area contributed by atoms with E-state index in [1.165, 1.54) is 25.3 Å². The third-order valence-electron chi connectivity index (χ3n) is 3.33.